The maximum absolute atomic E-state index is 12.8. The molecule has 8 heteroatoms. The molecule has 2 aromatic rings. The number of carbonyl (C=O) groups is 2. The summed E-state index contributed by atoms with van der Waals surface area (Å²) >= 11 is 1.51. The Morgan fingerprint density at radius 3 is 3.00 bits per heavy atom. The molecular weight excluding hydrogens is 364 g/mol. The largest absolute Gasteiger partial charge is 0.383 e. The molecule has 0 bridgehead atoms. The Balaban J connectivity index is 1.71. The Labute approximate surface area is 162 Å². The van der Waals surface area contributed by atoms with Gasteiger partial charge in [-0.3, -0.25) is 4.79 Å². The van der Waals surface area contributed by atoms with Gasteiger partial charge < -0.3 is 19.9 Å². The summed E-state index contributed by atoms with van der Waals surface area (Å²) in [5, 5.41) is 5.68. The first kappa shape index (κ1) is 19.3. The quantitative estimate of drug-likeness (QED) is 0.789. The number of carbonyl (C=O) groups excluding carboxylic acids is 2. The molecule has 1 aliphatic rings. The van der Waals surface area contributed by atoms with Gasteiger partial charge in [-0.15, -0.1) is 11.3 Å². The van der Waals surface area contributed by atoms with Crippen LogP contribution < -0.4 is 10.2 Å². The lowest BCUT2D eigenvalue weighted by molar-refractivity contribution is -0.117. The lowest BCUT2D eigenvalue weighted by Crippen LogP contribution is -2.37. The molecule has 0 saturated carbocycles. The van der Waals surface area contributed by atoms with Crippen LogP contribution in [0.2, 0.25) is 0 Å². The van der Waals surface area contributed by atoms with Crippen molar-refractivity contribution in [1.82, 2.24) is 9.88 Å². The number of urea groups is 1. The molecule has 144 valence electrons. The number of aromatic nitrogens is 1. The van der Waals surface area contributed by atoms with Gasteiger partial charge in [0, 0.05) is 49.1 Å². The van der Waals surface area contributed by atoms with Crippen molar-refractivity contribution in [2.75, 3.05) is 30.5 Å². The Bertz CT molecular complexity index is 781. The number of thiazole rings is 1. The van der Waals surface area contributed by atoms with Crippen LogP contribution in [0.25, 0.3) is 0 Å². The fraction of sp³-hybridized carbons (Fsp3) is 0.421. The molecule has 27 heavy (non-hydrogen) atoms. The first-order valence-corrected chi connectivity index (χ1v) is 9.82. The predicted molar refractivity (Wildman–Crippen MR) is 106 cm³/mol. The molecule has 0 unspecified atom stereocenters. The summed E-state index contributed by atoms with van der Waals surface area (Å²) in [6.45, 7) is 3.37. The molecule has 1 aliphatic heterocycles. The molecule has 1 saturated heterocycles. The number of methoxy groups -OCH3 is 1. The second-order valence-electron chi connectivity index (χ2n) is 6.47. The minimum atomic E-state index is -0.222. The van der Waals surface area contributed by atoms with E-state index in [1.54, 1.807) is 23.1 Å². The molecule has 3 rings (SSSR count). The van der Waals surface area contributed by atoms with Crippen LogP contribution in [0, 0.1) is 0 Å². The highest BCUT2D eigenvalue weighted by Gasteiger charge is 2.28. The van der Waals surface area contributed by atoms with Crippen molar-refractivity contribution in [3.63, 3.8) is 0 Å². The Morgan fingerprint density at radius 1 is 1.48 bits per heavy atom. The molecule has 0 aliphatic carbocycles. The van der Waals surface area contributed by atoms with Crippen molar-refractivity contribution in [2.45, 2.75) is 32.4 Å². The lowest BCUT2D eigenvalue weighted by atomic mass is 10.2. The third kappa shape index (κ3) is 4.84. The molecule has 0 radical (unpaired) electrons. The molecule has 1 aromatic heterocycles. The SMILES string of the molecule is COCCN(Cc1nccs1)C(=O)Nc1cccc(N2C(=O)CC[C@H]2C)c1. The fourth-order valence-corrected chi connectivity index (χ4v) is 3.74. The number of amides is 3. The summed E-state index contributed by atoms with van der Waals surface area (Å²) in [5.74, 6) is 0.122. The van der Waals surface area contributed by atoms with Gasteiger partial charge in [0.15, 0.2) is 0 Å². The number of hydrogen-bond acceptors (Lipinski definition) is 5. The molecule has 0 spiro atoms. The van der Waals surface area contributed by atoms with Gasteiger partial charge in [-0.2, -0.15) is 0 Å². The van der Waals surface area contributed by atoms with E-state index in [-0.39, 0.29) is 18.0 Å². The second-order valence-corrected chi connectivity index (χ2v) is 7.45. The normalized spacial score (nSPS) is 16.6. The van der Waals surface area contributed by atoms with E-state index < -0.39 is 0 Å². The first-order valence-electron chi connectivity index (χ1n) is 8.94. The van der Waals surface area contributed by atoms with Gasteiger partial charge in [0.2, 0.25) is 5.91 Å². The highest BCUT2D eigenvalue weighted by molar-refractivity contribution is 7.09. The maximum Gasteiger partial charge on any atom is 0.322 e. The van der Waals surface area contributed by atoms with Crippen LogP contribution in [-0.2, 0) is 16.1 Å². The van der Waals surface area contributed by atoms with Crippen molar-refractivity contribution in [3.8, 4) is 0 Å². The molecule has 1 fully saturated rings. The van der Waals surface area contributed by atoms with E-state index in [2.05, 4.69) is 10.3 Å². The van der Waals surface area contributed by atoms with Crippen LogP contribution in [0.3, 0.4) is 0 Å². The Morgan fingerprint density at radius 2 is 2.33 bits per heavy atom. The summed E-state index contributed by atoms with van der Waals surface area (Å²) in [6, 6.07) is 7.36. The summed E-state index contributed by atoms with van der Waals surface area (Å²) in [7, 11) is 1.61. The molecule has 1 atom stereocenters. The number of benzene rings is 1. The molecule has 1 aromatic carbocycles. The van der Waals surface area contributed by atoms with Crippen molar-refractivity contribution >= 4 is 34.6 Å². The standard InChI is InChI=1S/C19H24N4O3S/c1-14-6-7-18(24)23(14)16-5-3-4-15(12-16)21-19(25)22(9-10-26-2)13-17-20-8-11-27-17/h3-5,8,11-12,14H,6-7,9-10,13H2,1-2H3,(H,21,25)/t14-/m1/s1. The van der Waals surface area contributed by atoms with E-state index in [0.29, 0.717) is 31.8 Å². The Kier molecular flexibility index (Phi) is 6.41. The van der Waals surface area contributed by atoms with Crippen LogP contribution in [-0.4, -0.2) is 48.1 Å². The van der Waals surface area contributed by atoms with Crippen molar-refractivity contribution in [2.24, 2.45) is 0 Å². The number of ether oxygens (including phenoxy) is 1. The van der Waals surface area contributed by atoms with Crippen molar-refractivity contribution < 1.29 is 14.3 Å². The van der Waals surface area contributed by atoms with E-state index in [1.807, 2.05) is 36.6 Å². The van der Waals surface area contributed by atoms with Gasteiger partial charge in [-0.05, 0) is 31.5 Å². The van der Waals surface area contributed by atoms with Gasteiger partial charge >= 0.3 is 6.03 Å². The maximum atomic E-state index is 12.8. The van der Waals surface area contributed by atoms with E-state index in [9.17, 15) is 9.59 Å². The van der Waals surface area contributed by atoms with Crippen molar-refractivity contribution in [3.05, 3.63) is 40.8 Å². The van der Waals surface area contributed by atoms with Crippen LogP contribution in [0.4, 0.5) is 16.2 Å². The summed E-state index contributed by atoms with van der Waals surface area (Å²) in [5.41, 5.74) is 1.47. The Hall–Kier alpha value is -2.45. The second kappa shape index (κ2) is 8.96. The third-order valence-electron chi connectivity index (χ3n) is 4.52. The average Bonchev–Trinajstić information content (AvgIpc) is 3.28. The van der Waals surface area contributed by atoms with Gasteiger partial charge in [0.25, 0.3) is 0 Å². The zero-order chi connectivity index (χ0) is 19.2. The van der Waals surface area contributed by atoms with Crippen LogP contribution in [0.15, 0.2) is 35.8 Å². The smallest absolute Gasteiger partial charge is 0.322 e. The minimum absolute atomic E-state index is 0.122. The molecule has 2 heterocycles. The summed E-state index contributed by atoms with van der Waals surface area (Å²) < 4.78 is 5.12. The third-order valence-corrected chi connectivity index (χ3v) is 5.29. The molecular formula is C19H24N4O3S. The van der Waals surface area contributed by atoms with E-state index in [0.717, 1.165) is 17.1 Å². The van der Waals surface area contributed by atoms with E-state index >= 15 is 0 Å². The van der Waals surface area contributed by atoms with Gasteiger partial charge in [0.05, 0.1) is 13.2 Å². The average molecular weight is 388 g/mol. The molecule has 7 nitrogen and oxygen atoms in total. The minimum Gasteiger partial charge on any atom is -0.383 e. The monoisotopic (exact) mass is 388 g/mol. The number of nitrogens with zero attached hydrogens (tertiary/aromatic N) is 3. The number of rotatable bonds is 7. The van der Waals surface area contributed by atoms with Crippen LogP contribution >= 0.6 is 11.3 Å². The summed E-state index contributed by atoms with van der Waals surface area (Å²) in [4.78, 5) is 32.6. The molecule has 3 amide bonds. The van der Waals surface area contributed by atoms with Gasteiger partial charge in [0.1, 0.15) is 5.01 Å². The van der Waals surface area contributed by atoms with Crippen molar-refractivity contribution in [1.29, 1.82) is 0 Å². The molecule has 1 N–H and O–H groups in total. The van der Waals surface area contributed by atoms with E-state index in [1.165, 1.54) is 11.3 Å². The van der Waals surface area contributed by atoms with Crippen LogP contribution in [0.5, 0.6) is 0 Å². The number of nitrogens with one attached hydrogen (secondary N) is 1. The number of hydrogen-bond donors (Lipinski definition) is 1. The van der Waals surface area contributed by atoms with Gasteiger partial charge in [-0.25, -0.2) is 9.78 Å². The highest BCUT2D eigenvalue weighted by atomic mass is 32.1. The van der Waals surface area contributed by atoms with E-state index in [4.69, 9.17) is 4.74 Å². The summed E-state index contributed by atoms with van der Waals surface area (Å²) in [6.07, 6.45) is 3.15. The number of anilines is 2. The zero-order valence-electron chi connectivity index (χ0n) is 15.6. The van der Waals surface area contributed by atoms with Gasteiger partial charge in [-0.1, -0.05) is 6.07 Å². The fourth-order valence-electron chi connectivity index (χ4n) is 3.11. The lowest BCUT2D eigenvalue weighted by Gasteiger charge is -2.24. The predicted octanol–water partition coefficient (Wildman–Crippen LogP) is 3.34. The van der Waals surface area contributed by atoms with Crippen LogP contribution in [0.1, 0.15) is 24.8 Å². The first-order chi connectivity index (χ1) is 13.1. The topological polar surface area (TPSA) is 74.8 Å². The zero-order valence-corrected chi connectivity index (χ0v) is 16.4. The highest BCUT2D eigenvalue weighted by Crippen LogP contribution is 2.28.